The Labute approximate surface area is 265 Å². The van der Waals surface area contributed by atoms with E-state index >= 15 is 0 Å². The van der Waals surface area contributed by atoms with Crippen molar-refractivity contribution in [3.63, 3.8) is 0 Å². The zero-order valence-corrected chi connectivity index (χ0v) is 25.3. The first-order valence-corrected chi connectivity index (χ1v) is 14.3. The van der Waals surface area contributed by atoms with Gasteiger partial charge in [0.25, 0.3) is 5.91 Å². The molecule has 1 aliphatic heterocycles. The SMILES string of the molecule is COc1cc2ncnc(Nc3cc(C)c(Oc4ccn5ncnc5c4)cc3OC(F)(F)F)c2cc1NC(=O)C(F)=CC1CCCN1C. The first-order valence-electron chi connectivity index (χ1n) is 14.3. The zero-order chi connectivity index (χ0) is 33.3. The van der Waals surface area contributed by atoms with Gasteiger partial charge < -0.3 is 24.8 Å². The van der Waals surface area contributed by atoms with Crippen LogP contribution in [0, 0.1) is 6.92 Å². The number of halogens is 4. The van der Waals surface area contributed by atoms with Crippen LogP contribution in [0.2, 0.25) is 0 Å². The second kappa shape index (κ2) is 12.7. The maximum atomic E-state index is 14.9. The molecule has 1 saturated heterocycles. The van der Waals surface area contributed by atoms with Gasteiger partial charge in [0.15, 0.2) is 17.2 Å². The van der Waals surface area contributed by atoms with Crippen molar-refractivity contribution in [3.8, 4) is 23.0 Å². The number of pyridine rings is 1. The molecule has 5 aromatic rings. The fraction of sp³-hybridized carbons (Fsp3) is 0.258. The Kier molecular flexibility index (Phi) is 8.51. The fourth-order valence-corrected chi connectivity index (χ4v) is 5.22. The maximum Gasteiger partial charge on any atom is 0.573 e. The van der Waals surface area contributed by atoms with Gasteiger partial charge in [-0.2, -0.15) is 5.10 Å². The number of carbonyl (C=O) groups is 1. The lowest BCUT2D eigenvalue weighted by Crippen LogP contribution is -2.24. The van der Waals surface area contributed by atoms with Crippen LogP contribution < -0.4 is 24.8 Å². The summed E-state index contributed by atoms with van der Waals surface area (Å²) >= 11 is 0. The number of benzene rings is 2. The van der Waals surface area contributed by atoms with Gasteiger partial charge in [-0.05, 0) is 63.2 Å². The number of anilines is 3. The number of likely N-dealkylation sites (tertiary alicyclic amines) is 1. The molecule has 2 N–H and O–H groups in total. The minimum absolute atomic E-state index is 0.0779. The van der Waals surface area contributed by atoms with E-state index in [1.54, 1.807) is 25.3 Å². The average molecular weight is 653 g/mol. The van der Waals surface area contributed by atoms with Gasteiger partial charge in [0, 0.05) is 35.8 Å². The summed E-state index contributed by atoms with van der Waals surface area (Å²) < 4.78 is 72.7. The molecule has 1 aliphatic rings. The molecule has 0 aliphatic carbocycles. The summed E-state index contributed by atoms with van der Waals surface area (Å²) in [5.74, 6) is -1.86. The highest BCUT2D eigenvalue weighted by Crippen LogP contribution is 2.41. The normalized spacial score (nSPS) is 15.6. The number of fused-ring (bicyclic) bond motifs is 2. The highest BCUT2D eigenvalue weighted by Gasteiger charge is 2.33. The summed E-state index contributed by atoms with van der Waals surface area (Å²) in [6, 6.07) is 8.42. The van der Waals surface area contributed by atoms with Gasteiger partial charge in [-0.1, -0.05) is 0 Å². The van der Waals surface area contributed by atoms with E-state index in [0.717, 1.165) is 25.5 Å². The largest absolute Gasteiger partial charge is 0.573 e. The molecule has 244 valence electrons. The van der Waals surface area contributed by atoms with Crippen LogP contribution in [0.4, 0.5) is 34.8 Å². The number of hydrogen-bond donors (Lipinski definition) is 2. The van der Waals surface area contributed by atoms with Crippen LogP contribution in [-0.2, 0) is 4.79 Å². The molecule has 1 amide bonds. The lowest BCUT2D eigenvalue weighted by atomic mass is 10.1. The molecule has 2 aromatic carbocycles. The average Bonchev–Trinajstić information content (AvgIpc) is 3.66. The van der Waals surface area contributed by atoms with Crippen molar-refractivity contribution in [1.29, 1.82) is 0 Å². The Morgan fingerprint density at radius 1 is 1.04 bits per heavy atom. The number of hydrogen-bond acceptors (Lipinski definition) is 10. The number of likely N-dealkylation sites (N-methyl/N-ethyl adjacent to an activating group) is 1. The van der Waals surface area contributed by atoms with Crippen LogP contribution in [0.15, 0.2) is 67.2 Å². The van der Waals surface area contributed by atoms with Crippen molar-refractivity contribution in [1.82, 2.24) is 29.5 Å². The van der Waals surface area contributed by atoms with Crippen molar-refractivity contribution in [2.45, 2.75) is 32.2 Å². The van der Waals surface area contributed by atoms with Crippen LogP contribution in [0.25, 0.3) is 16.6 Å². The van der Waals surface area contributed by atoms with E-state index in [9.17, 15) is 22.4 Å². The highest BCUT2D eigenvalue weighted by atomic mass is 19.4. The van der Waals surface area contributed by atoms with Crippen LogP contribution >= 0.6 is 0 Å². The monoisotopic (exact) mass is 652 g/mol. The number of alkyl halides is 3. The third-order valence-corrected chi connectivity index (χ3v) is 7.57. The second-order valence-electron chi connectivity index (χ2n) is 10.8. The second-order valence-corrected chi connectivity index (χ2v) is 10.8. The molecule has 1 atom stereocenters. The molecule has 12 nitrogen and oxygen atoms in total. The molecule has 47 heavy (non-hydrogen) atoms. The maximum absolute atomic E-state index is 14.9. The van der Waals surface area contributed by atoms with Gasteiger partial charge in [-0.3, -0.25) is 9.69 Å². The Morgan fingerprint density at radius 2 is 1.87 bits per heavy atom. The van der Waals surface area contributed by atoms with Crippen LogP contribution in [0.3, 0.4) is 0 Å². The fourth-order valence-electron chi connectivity index (χ4n) is 5.22. The van der Waals surface area contributed by atoms with Crippen molar-refractivity contribution in [2.24, 2.45) is 0 Å². The minimum atomic E-state index is -5.03. The van der Waals surface area contributed by atoms with E-state index in [-0.39, 0.29) is 34.7 Å². The van der Waals surface area contributed by atoms with E-state index in [1.165, 1.54) is 48.6 Å². The third-order valence-electron chi connectivity index (χ3n) is 7.57. The number of amides is 1. The number of aryl methyl sites for hydroxylation is 1. The standard InChI is InChI=1S/C31H28F4N8O4/c1-17-9-23(27(47-31(33,34)35)14-25(17)46-19-6-8-43-28(11-19)37-16-39-43)40-29-20-12-24(26(45-3)13-22(20)36-15-38-29)41-30(44)21(32)10-18-5-4-7-42(18)2/h6,8-16,18H,4-5,7H2,1-3H3,(H,41,44)(H,36,38,40). The quantitative estimate of drug-likeness (QED) is 0.138. The van der Waals surface area contributed by atoms with Crippen LogP contribution in [-0.4, -0.2) is 68.5 Å². The van der Waals surface area contributed by atoms with Gasteiger partial charge in [-0.25, -0.2) is 23.9 Å². The first kappa shape index (κ1) is 31.5. The molecular formula is C31H28F4N8O4. The Hall–Kier alpha value is -5.51. The van der Waals surface area contributed by atoms with E-state index in [4.69, 9.17) is 9.47 Å². The van der Waals surface area contributed by atoms with Crippen molar-refractivity contribution in [2.75, 3.05) is 31.3 Å². The lowest BCUT2D eigenvalue weighted by Gasteiger charge is -2.19. The molecule has 4 heterocycles. The van der Waals surface area contributed by atoms with Crippen molar-refractivity contribution >= 4 is 39.6 Å². The Bertz CT molecular complexity index is 2000. The Morgan fingerprint density at radius 3 is 2.62 bits per heavy atom. The molecule has 0 saturated carbocycles. The number of nitrogens with one attached hydrogen (secondary N) is 2. The number of ether oxygens (including phenoxy) is 3. The molecule has 0 radical (unpaired) electrons. The Balaban J connectivity index is 1.33. The van der Waals surface area contributed by atoms with Gasteiger partial charge >= 0.3 is 6.36 Å². The molecular weight excluding hydrogens is 624 g/mol. The van der Waals surface area contributed by atoms with Gasteiger partial charge in [0.2, 0.25) is 0 Å². The third kappa shape index (κ3) is 7.01. The number of rotatable bonds is 9. The minimum Gasteiger partial charge on any atom is -0.494 e. The number of nitrogens with zero attached hydrogens (tertiary/aromatic N) is 6. The summed E-state index contributed by atoms with van der Waals surface area (Å²) in [6.07, 6.45) is 2.03. The molecule has 1 fully saturated rings. The predicted molar refractivity (Wildman–Crippen MR) is 164 cm³/mol. The number of carbonyl (C=O) groups excluding carboxylic acids is 1. The van der Waals surface area contributed by atoms with E-state index in [0.29, 0.717) is 27.9 Å². The van der Waals surface area contributed by atoms with Crippen LogP contribution in [0.5, 0.6) is 23.0 Å². The lowest BCUT2D eigenvalue weighted by molar-refractivity contribution is -0.274. The smallest absolute Gasteiger partial charge is 0.494 e. The van der Waals surface area contributed by atoms with E-state index in [2.05, 4.69) is 35.4 Å². The topological polar surface area (TPSA) is 128 Å². The van der Waals surface area contributed by atoms with Crippen molar-refractivity contribution < 1.29 is 36.6 Å². The van der Waals surface area contributed by atoms with Gasteiger partial charge in [-0.15, -0.1) is 13.2 Å². The summed E-state index contributed by atoms with van der Waals surface area (Å²) in [5, 5.41) is 9.70. The van der Waals surface area contributed by atoms with E-state index < -0.39 is 23.8 Å². The number of aromatic nitrogens is 5. The van der Waals surface area contributed by atoms with Crippen LogP contribution in [0.1, 0.15) is 18.4 Å². The first-order chi connectivity index (χ1) is 22.5. The summed E-state index contributed by atoms with van der Waals surface area (Å²) in [4.78, 5) is 27.3. The number of methoxy groups -OCH3 is 1. The van der Waals surface area contributed by atoms with Gasteiger partial charge in [0.05, 0.1) is 24.0 Å². The molecule has 3 aromatic heterocycles. The summed E-state index contributed by atoms with van der Waals surface area (Å²) in [7, 11) is 3.22. The summed E-state index contributed by atoms with van der Waals surface area (Å²) in [6.45, 7) is 2.45. The van der Waals surface area contributed by atoms with Gasteiger partial charge in [0.1, 0.15) is 35.7 Å². The zero-order valence-electron chi connectivity index (χ0n) is 25.3. The molecule has 0 spiro atoms. The molecule has 6 rings (SSSR count). The molecule has 16 heteroatoms. The summed E-state index contributed by atoms with van der Waals surface area (Å²) in [5.41, 5.74) is 1.29. The highest BCUT2D eigenvalue weighted by molar-refractivity contribution is 6.05. The molecule has 0 bridgehead atoms. The van der Waals surface area contributed by atoms with E-state index in [1.807, 2.05) is 11.9 Å². The predicted octanol–water partition coefficient (Wildman–Crippen LogP) is 6.31. The van der Waals surface area contributed by atoms with Crippen molar-refractivity contribution in [3.05, 3.63) is 72.7 Å². The molecule has 1 unspecified atom stereocenters.